The zero-order valence-corrected chi connectivity index (χ0v) is 8.07. The fourth-order valence-corrected chi connectivity index (χ4v) is 1.24. The van der Waals surface area contributed by atoms with E-state index < -0.39 is 0 Å². The van der Waals surface area contributed by atoms with Crippen molar-refractivity contribution in [1.29, 1.82) is 0 Å². The second-order valence-electron chi connectivity index (χ2n) is 3.25. The van der Waals surface area contributed by atoms with Crippen LogP contribution in [-0.2, 0) is 0 Å². The van der Waals surface area contributed by atoms with E-state index in [4.69, 9.17) is 5.11 Å². The molecule has 0 aromatic heterocycles. The van der Waals surface area contributed by atoms with Gasteiger partial charge in [-0.3, -0.25) is 10.1 Å². The summed E-state index contributed by atoms with van der Waals surface area (Å²) in [6.07, 6.45) is 6.98. The van der Waals surface area contributed by atoms with Gasteiger partial charge in [-0.1, -0.05) is 25.7 Å². The van der Waals surface area contributed by atoms with Crippen LogP contribution in [0, 0.1) is 10.1 Å². The molecule has 0 spiro atoms. The van der Waals surface area contributed by atoms with Gasteiger partial charge in [0.1, 0.15) is 0 Å². The fraction of sp³-hybridized carbons (Fsp3) is 1.00. The summed E-state index contributed by atoms with van der Waals surface area (Å²) in [5.41, 5.74) is 0. The summed E-state index contributed by atoms with van der Waals surface area (Å²) in [4.78, 5) is 9.69. The minimum Gasteiger partial charge on any atom is -0.396 e. The second-order valence-corrected chi connectivity index (χ2v) is 3.25. The Morgan fingerprint density at radius 3 is 1.85 bits per heavy atom. The van der Waals surface area contributed by atoms with Crippen molar-refractivity contribution in [2.24, 2.45) is 0 Å². The van der Waals surface area contributed by atoms with Gasteiger partial charge >= 0.3 is 0 Å². The first-order valence-electron chi connectivity index (χ1n) is 5.00. The van der Waals surface area contributed by atoms with Gasteiger partial charge in [0.05, 0.1) is 0 Å². The highest BCUT2D eigenvalue weighted by Crippen LogP contribution is 2.06. The highest BCUT2D eigenvalue weighted by Gasteiger charge is 1.96. The Morgan fingerprint density at radius 1 is 0.923 bits per heavy atom. The summed E-state index contributed by atoms with van der Waals surface area (Å²) in [5, 5.41) is 18.4. The molecule has 13 heavy (non-hydrogen) atoms. The zero-order chi connectivity index (χ0) is 9.94. The molecule has 0 unspecified atom stereocenters. The predicted octanol–water partition coefficient (Wildman–Crippen LogP) is 1.99. The fourth-order valence-electron chi connectivity index (χ4n) is 1.24. The predicted molar refractivity (Wildman–Crippen MR) is 51.3 cm³/mol. The molecule has 0 fully saturated rings. The van der Waals surface area contributed by atoms with E-state index in [9.17, 15) is 10.1 Å². The lowest BCUT2D eigenvalue weighted by Crippen LogP contribution is -1.99. The summed E-state index contributed by atoms with van der Waals surface area (Å²) < 4.78 is 0. The number of rotatable bonds is 9. The van der Waals surface area contributed by atoms with E-state index in [1.807, 2.05) is 0 Å². The molecular weight excluding hydrogens is 170 g/mol. The number of aliphatic hydroxyl groups is 1. The van der Waals surface area contributed by atoms with Crippen molar-refractivity contribution in [2.45, 2.75) is 44.9 Å². The van der Waals surface area contributed by atoms with E-state index in [-0.39, 0.29) is 18.1 Å². The van der Waals surface area contributed by atoms with Gasteiger partial charge in [-0.05, 0) is 12.8 Å². The molecule has 0 saturated carbocycles. The van der Waals surface area contributed by atoms with Crippen LogP contribution >= 0.6 is 0 Å². The summed E-state index contributed by atoms with van der Waals surface area (Å²) in [6, 6.07) is 0. The van der Waals surface area contributed by atoms with Crippen molar-refractivity contribution in [3.63, 3.8) is 0 Å². The first-order valence-corrected chi connectivity index (χ1v) is 5.00. The van der Waals surface area contributed by atoms with Crippen molar-refractivity contribution < 1.29 is 10.0 Å². The first-order chi connectivity index (χ1) is 6.27. The smallest absolute Gasteiger partial charge is 0.203 e. The molecule has 0 amide bonds. The molecule has 0 aliphatic heterocycles. The van der Waals surface area contributed by atoms with Gasteiger partial charge < -0.3 is 5.11 Å². The van der Waals surface area contributed by atoms with Crippen molar-refractivity contribution in [3.8, 4) is 0 Å². The largest absolute Gasteiger partial charge is 0.396 e. The summed E-state index contributed by atoms with van der Waals surface area (Å²) in [7, 11) is 0. The van der Waals surface area contributed by atoms with Gasteiger partial charge in [0.2, 0.25) is 6.54 Å². The topological polar surface area (TPSA) is 63.4 Å². The van der Waals surface area contributed by atoms with E-state index >= 15 is 0 Å². The third-order valence-corrected chi connectivity index (χ3v) is 2.00. The number of nitro groups is 1. The van der Waals surface area contributed by atoms with Crippen LogP contribution in [-0.4, -0.2) is 23.2 Å². The lowest BCUT2D eigenvalue weighted by molar-refractivity contribution is -0.480. The highest BCUT2D eigenvalue weighted by molar-refractivity contribution is 4.45. The van der Waals surface area contributed by atoms with Crippen LogP contribution in [0.1, 0.15) is 44.9 Å². The SMILES string of the molecule is O=[N+]([O-])CCCCCCCCCO. The Hall–Kier alpha value is -0.640. The molecule has 0 radical (unpaired) electrons. The maximum Gasteiger partial charge on any atom is 0.203 e. The molecule has 0 aromatic rings. The zero-order valence-electron chi connectivity index (χ0n) is 8.07. The number of aliphatic hydroxyl groups excluding tert-OH is 1. The van der Waals surface area contributed by atoms with Crippen LogP contribution in [0.5, 0.6) is 0 Å². The molecule has 0 aliphatic rings. The van der Waals surface area contributed by atoms with Gasteiger partial charge in [-0.15, -0.1) is 0 Å². The molecule has 0 bridgehead atoms. The molecule has 0 heterocycles. The average molecular weight is 189 g/mol. The number of nitrogens with zero attached hydrogens (tertiary/aromatic N) is 1. The molecule has 0 saturated heterocycles. The van der Waals surface area contributed by atoms with Gasteiger partial charge in [-0.25, -0.2) is 0 Å². The van der Waals surface area contributed by atoms with Gasteiger partial charge in [0.25, 0.3) is 0 Å². The molecule has 0 atom stereocenters. The van der Waals surface area contributed by atoms with E-state index in [1.54, 1.807) is 0 Å². The minimum atomic E-state index is -0.258. The highest BCUT2D eigenvalue weighted by atomic mass is 16.6. The van der Waals surface area contributed by atoms with Gasteiger partial charge in [-0.2, -0.15) is 0 Å². The quantitative estimate of drug-likeness (QED) is 0.342. The Bertz CT molecular complexity index is 128. The maximum absolute atomic E-state index is 9.95. The van der Waals surface area contributed by atoms with Crippen LogP contribution in [0.25, 0.3) is 0 Å². The normalized spacial score (nSPS) is 10.2. The van der Waals surface area contributed by atoms with Crippen LogP contribution in [0.2, 0.25) is 0 Å². The Kier molecular flexibility index (Phi) is 8.98. The van der Waals surface area contributed by atoms with E-state index in [0.29, 0.717) is 6.42 Å². The minimum absolute atomic E-state index is 0.108. The molecular formula is C9H19NO3. The van der Waals surface area contributed by atoms with Crippen LogP contribution in [0.4, 0.5) is 0 Å². The standard InChI is InChI=1S/C9H19NO3/c11-9-7-5-3-1-2-4-6-8-10(12)13/h11H,1-9H2. The van der Waals surface area contributed by atoms with E-state index in [2.05, 4.69) is 0 Å². The lowest BCUT2D eigenvalue weighted by atomic mass is 10.1. The van der Waals surface area contributed by atoms with Crippen LogP contribution in [0.15, 0.2) is 0 Å². The maximum atomic E-state index is 9.95. The summed E-state index contributed by atoms with van der Waals surface area (Å²) >= 11 is 0. The molecule has 0 aliphatic carbocycles. The molecule has 0 rings (SSSR count). The molecule has 4 nitrogen and oxygen atoms in total. The van der Waals surface area contributed by atoms with Crippen LogP contribution < -0.4 is 0 Å². The van der Waals surface area contributed by atoms with Crippen LogP contribution in [0.3, 0.4) is 0 Å². The van der Waals surface area contributed by atoms with Crippen molar-refractivity contribution in [3.05, 3.63) is 10.1 Å². The Balaban J connectivity index is 2.87. The van der Waals surface area contributed by atoms with Gasteiger partial charge in [0.15, 0.2) is 0 Å². The molecule has 1 N–H and O–H groups in total. The Morgan fingerprint density at radius 2 is 1.38 bits per heavy atom. The number of unbranched alkanes of at least 4 members (excludes halogenated alkanes) is 6. The molecule has 78 valence electrons. The third-order valence-electron chi connectivity index (χ3n) is 2.00. The van der Waals surface area contributed by atoms with E-state index in [1.165, 1.54) is 0 Å². The van der Waals surface area contributed by atoms with Gasteiger partial charge in [0, 0.05) is 18.0 Å². The third kappa shape index (κ3) is 11.4. The van der Waals surface area contributed by atoms with Crippen molar-refractivity contribution in [2.75, 3.05) is 13.2 Å². The molecule has 4 heteroatoms. The lowest BCUT2D eigenvalue weighted by Gasteiger charge is -1.98. The van der Waals surface area contributed by atoms with E-state index in [0.717, 1.165) is 38.5 Å². The molecule has 0 aromatic carbocycles. The summed E-state index contributed by atoms with van der Waals surface area (Å²) in [6.45, 7) is 0.387. The number of hydrogen-bond acceptors (Lipinski definition) is 3. The monoisotopic (exact) mass is 189 g/mol. The average Bonchev–Trinajstić information content (AvgIpc) is 2.09. The Labute approximate surface area is 79.1 Å². The second kappa shape index (κ2) is 9.45. The van der Waals surface area contributed by atoms with Crippen molar-refractivity contribution >= 4 is 0 Å². The van der Waals surface area contributed by atoms with Crippen molar-refractivity contribution in [1.82, 2.24) is 0 Å². The number of hydrogen-bond donors (Lipinski definition) is 1. The first kappa shape index (κ1) is 12.4. The summed E-state index contributed by atoms with van der Waals surface area (Å²) in [5.74, 6) is 0.